The second-order valence-electron chi connectivity index (χ2n) is 3.56. The van der Waals surface area contributed by atoms with Crippen molar-refractivity contribution in [3.8, 4) is 0 Å². The van der Waals surface area contributed by atoms with Gasteiger partial charge in [0.25, 0.3) is 0 Å². The summed E-state index contributed by atoms with van der Waals surface area (Å²) in [5, 5.41) is 9.08. The summed E-state index contributed by atoms with van der Waals surface area (Å²) in [7, 11) is 3.99. The molecular weight excluding hydrogens is 126 g/mol. The summed E-state index contributed by atoms with van der Waals surface area (Å²) in [5.41, 5.74) is -0.0694. The summed E-state index contributed by atoms with van der Waals surface area (Å²) in [5.74, 6) is 0.479. The van der Waals surface area contributed by atoms with Crippen LogP contribution in [0.4, 0.5) is 0 Å². The predicted molar refractivity (Wildman–Crippen MR) is 44.0 cm³/mol. The number of hydrogen-bond donors (Lipinski definition) is 1. The molecule has 1 N–H and O–H groups in total. The molecule has 0 aliphatic carbocycles. The van der Waals surface area contributed by atoms with Gasteiger partial charge in [-0.2, -0.15) is 0 Å². The van der Waals surface area contributed by atoms with Crippen molar-refractivity contribution < 1.29 is 5.11 Å². The first-order valence-electron chi connectivity index (χ1n) is 3.73. The average Bonchev–Trinajstić information content (AvgIpc) is 1.85. The Bertz CT molecular complexity index is 91.4. The maximum absolute atomic E-state index is 9.08. The molecule has 0 fully saturated rings. The van der Waals surface area contributed by atoms with Crippen molar-refractivity contribution in [1.29, 1.82) is 0 Å². The van der Waals surface area contributed by atoms with E-state index in [9.17, 15) is 0 Å². The molecule has 0 radical (unpaired) electrons. The Kier molecular flexibility index (Phi) is 3.33. The van der Waals surface area contributed by atoms with Gasteiger partial charge in [-0.05, 0) is 26.9 Å². The summed E-state index contributed by atoms with van der Waals surface area (Å²) in [6.45, 7) is 6.53. The van der Waals surface area contributed by atoms with Crippen LogP contribution in [0.3, 0.4) is 0 Å². The van der Waals surface area contributed by atoms with E-state index in [0.29, 0.717) is 5.92 Å². The Morgan fingerprint density at radius 3 is 1.80 bits per heavy atom. The van der Waals surface area contributed by atoms with E-state index in [4.69, 9.17) is 5.11 Å². The zero-order chi connectivity index (χ0) is 8.36. The minimum atomic E-state index is -0.0694. The van der Waals surface area contributed by atoms with Crippen molar-refractivity contribution in [3.63, 3.8) is 0 Å². The maximum atomic E-state index is 9.08. The van der Waals surface area contributed by atoms with Crippen LogP contribution in [0.1, 0.15) is 20.8 Å². The lowest BCUT2D eigenvalue weighted by molar-refractivity contribution is 0.0447. The van der Waals surface area contributed by atoms with E-state index in [1.807, 2.05) is 14.1 Å². The Balaban J connectivity index is 4.23. The van der Waals surface area contributed by atoms with Crippen LogP contribution >= 0.6 is 0 Å². The Morgan fingerprint density at radius 1 is 1.40 bits per heavy atom. The molecule has 0 aromatic rings. The first-order chi connectivity index (χ1) is 4.45. The molecule has 0 spiro atoms. The Hall–Kier alpha value is -0.0800. The van der Waals surface area contributed by atoms with Crippen LogP contribution in [-0.2, 0) is 0 Å². The van der Waals surface area contributed by atoms with Crippen LogP contribution in [0.2, 0.25) is 0 Å². The van der Waals surface area contributed by atoms with Crippen LogP contribution in [0.5, 0.6) is 0 Å². The van der Waals surface area contributed by atoms with Gasteiger partial charge < -0.3 is 10.0 Å². The smallest absolute Gasteiger partial charge is 0.0615 e. The van der Waals surface area contributed by atoms with E-state index in [2.05, 4.69) is 25.7 Å². The lowest BCUT2D eigenvalue weighted by Crippen LogP contribution is -2.48. The largest absolute Gasteiger partial charge is 0.394 e. The van der Waals surface area contributed by atoms with E-state index < -0.39 is 0 Å². The average molecular weight is 145 g/mol. The van der Waals surface area contributed by atoms with Crippen molar-refractivity contribution >= 4 is 0 Å². The molecular formula is C8H19NO. The minimum Gasteiger partial charge on any atom is -0.394 e. The molecule has 0 amide bonds. The third kappa shape index (κ3) is 1.70. The summed E-state index contributed by atoms with van der Waals surface area (Å²) in [6.07, 6.45) is 0. The molecule has 0 aliphatic rings. The van der Waals surface area contributed by atoms with Gasteiger partial charge in [0.2, 0.25) is 0 Å². The minimum absolute atomic E-state index is 0.0694. The number of rotatable bonds is 3. The third-order valence-corrected chi connectivity index (χ3v) is 2.59. The molecule has 0 aromatic heterocycles. The van der Waals surface area contributed by atoms with Crippen LogP contribution in [-0.4, -0.2) is 36.2 Å². The quantitative estimate of drug-likeness (QED) is 0.639. The fourth-order valence-electron chi connectivity index (χ4n) is 0.840. The molecule has 2 heteroatoms. The zero-order valence-electron chi connectivity index (χ0n) is 7.68. The van der Waals surface area contributed by atoms with Crippen molar-refractivity contribution in [3.05, 3.63) is 0 Å². The molecule has 2 nitrogen and oxygen atoms in total. The molecule has 10 heavy (non-hydrogen) atoms. The van der Waals surface area contributed by atoms with E-state index in [0.717, 1.165) is 0 Å². The monoisotopic (exact) mass is 145 g/mol. The van der Waals surface area contributed by atoms with Gasteiger partial charge in [0.15, 0.2) is 0 Å². The standard InChI is InChI=1S/C8H19NO/c1-7(2)8(3,6-10)9(4)5/h7,10H,6H2,1-5H3. The molecule has 0 saturated carbocycles. The van der Waals surface area contributed by atoms with E-state index in [1.165, 1.54) is 0 Å². The van der Waals surface area contributed by atoms with Crippen molar-refractivity contribution in [2.45, 2.75) is 26.3 Å². The Labute approximate surface area is 63.8 Å². The van der Waals surface area contributed by atoms with Crippen LogP contribution in [0.25, 0.3) is 0 Å². The highest BCUT2D eigenvalue weighted by molar-refractivity contribution is 4.84. The second kappa shape index (κ2) is 3.35. The number of likely N-dealkylation sites (N-methyl/N-ethyl adjacent to an activating group) is 1. The van der Waals surface area contributed by atoms with Crippen LogP contribution in [0.15, 0.2) is 0 Å². The second-order valence-corrected chi connectivity index (χ2v) is 3.56. The molecule has 1 atom stereocenters. The highest BCUT2D eigenvalue weighted by Crippen LogP contribution is 2.20. The lowest BCUT2D eigenvalue weighted by atomic mass is 9.88. The fourth-order valence-corrected chi connectivity index (χ4v) is 0.840. The molecule has 62 valence electrons. The maximum Gasteiger partial charge on any atom is 0.0615 e. The highest BCUT2D eigenvalue weighted by Gasteiger charge is 2.29. The van der Waals surface area contributed by atoms with Crippen molar-refractivity contribution in [2.75, 3.05) is 20.7 Å². The molecule has 0 aliphatic heterocycles. The lowest BCUT2D eigenvalue weighted by Gasteiger charge is -2.38. The van der Waals surface area contributed by atoms with E-state index in [-0.39, 0.29) is 12.1 Å². The molecule has 0 saturated heterocycles. The Morgan fingerprint density at radius 2 is 1.80 bits per heavy atom. The molecule has 1 unspecified atom stereocenters. The fraction of sp³-hybridized carbons (Fsp3) is 1.00. The number of nitrogens with zero attached hydrogens (tertiary/aromatic N) is 1. The number of hydrogen-bond acceptors (Lipinski definition) is 2. The van der Waals surface area contributed by atoms with E-state index >= 15 is 0 Å². The molecule has 0 bridgehead atoms. The number of aliphatic hydroxyl groups excluding tert-OH is 1. The normalized spacial score (nSPS) is 18.0. The SMILES string of the molecule is CC(C)C(C)(CO)N(C)C. The number of aliphatic hydroxyl groups is 1. The van der Waals surface area contributed by atoms with E-state index in [1.54, 1.807) is 0 Å². The van der Waals surface area contributed by atoms with Gasteiger partial charge in [0, 0.05) is 5.54 Å². The van der Waals surface area contributed by atoms with Gasteiger partial charge in [-0.3, -0.25) is 0 Å². The highest BCUT2D eigenvalue weighted by atomic mass is 16.3. The van der Waals surface area contributed by atoms with Gasteiger partial charge in [0.1, 0.15) is 0 Å². The summed E-state index contributed by atoms with van der Waals surface area (Å²) < 4.78 is 0. The summed E-state index contributed by atoms with van der Waals surface area (Å²) >= 11 is 0. The van der Waals surface area contributed by atoms with Gasteiger partial charge in [-0.1, -0.05) is 13.8 Å². The van der Waals surface area contributed by atoms with Crippen molar-refractivity contribution in [1.82, 2.24) is 4.90 Å². The molecule has 0 rings (SSSR count). The van der Waals surface area contributed by atoms with Crippen LogP contribution < -0.4 is 0 Å². The van der Waals surface area contributed by atoms with Gasteiger partial charge in [-0.15, -0.1) is 0 Å². The topological polar surface area (TPSA) is 23.5 Å². The first kappa shape index (κ1) is 9.92. The predicted octanol–water partition coefficient (Wildman–Crippen LogP) is 0.955. The van der Waals surface area contributed by atoms with Gasteiger partial charge in [-0.25, -0.2) is 0 Å². The zero-order valence-corrected chi connectivity index (χ0v) is 7.68. The van der Waals surface area contributed by atoms with Crippen molar-refractivity contribution in [2.24, 2.45) is 5.92 Å². The molecule has 0 aromatic carbocycles. The summed E-state index contributed by atoms with van der Waals surface area (Å²) in [6, 6.07) is 0. The third-order valence-electron chi connectivity index (χ3n) is 2.59. The van der Waals surface area contributed by atoms with Gasteiger partial charge >= 0.3 is 0 Å². The first-order valence-corrected chi connectivity index (χ1v) is 3.73. The van der Waals surface area contributed by atoms with Gasteiger partial charge in [0.05, 0.1) is 6.61 Å². The molecule has 0 heterocycles. The summed E-state index contributed by atoms with van der Waals surface area (Å²) in [4.78, 5) is 2.07. The van der Waals surface area contributed by atoms with Crippen LogP contribution in [0, 0.1) is 5.92 Å².